The van der Waals surface area contributed by atoms with Crippen LogP contribution in [0, 0.1) is 6.92 Å². The van der Waals surface area contributed by atoms with Crippen LogP contribution in [0.4, 0.5) is 5.95 Å². The van der Waals surface area contributed by atoms with Crippen LogP contribution in [0.2, 0.25) is 0 Å². The Hall–Kier alpha value is -1.38. The van der Waals surface area contributed by atoms with Gasteiger partial charge in [-0.3, -0.25) is 0 Å². The first kappa shape index (κ1) is 8.23. The summed E-state index contributed by atoms with van der Waals surface area (Å²) in [5.41, 5.74) is 1.09. The summed E-state index contributed by atoms with van der Waals surface area (Å²) >= 11 is 0. The van der Waals surface area contributed by atoms with Gasteiger partial charge < -0.3 is 5.32 Å². The minimum Gasteiger partial charge on any atom is -0.351 e. The van der Waals surface area contributed by atoms with Gasteiger partial charge in [0.25, 0.3) is 0 Å². The number of nitrogens with one attached hydrogen (secondary N) is 1. The highest BCUT2D eigenvalue weighted by molar-refractivity contribution is 5.27. The van der Waals surface area contributed by atoms with Gasteiger partial charge in [0, 0.05) is 18.4 Å². The summed E-state index contributed by atoms with van der Waals surface area (Å²) in [5.74, 6) is 0.735. The molecule has 1 aromatic rings. The molecular weight excluding hydrogens is 162 g/mol. The minimum atomic E-state index is 0.489. The zero-order chi connectivity index (χ0) is 9.10. The second kappa shape index (κ2) is 3.56. The summed E-state index contributed by atoms with van der Waals surface area (Å²) in [6.07, 6.45) is 10.2. The first-order chi connectivity index (χ1) is 6.34. The zero-order valence-electron chi connectivity index (χ0n) is 7.70. The van der Waals surface area contributed by atoms with Gasteiger partial charge in [-0.15, -0.1) is 0 Å². The van der Waals surface area contributed by atoms with Crippen LogP contribution < -0.4 is 5.32 Å². The molecule has 1 aliphatic carbocycles. The summed E-state index contributed by atoms with van der Waals surface area (Å²) in [5, 5.41) is 3.28. The fourth-order valence-electron chi connectivity index (χ4n) is 1.38. The second-order valence-corrected chi connectivity index (χ2v) is 3.37. The van der Waals surface area contributed by atoms with Crippen LogP contribution in [0.3, 0.4) is 0 Å². The van der Waals surface area contributed by atoms with Gasteiger partial charge >= 0.3 is 0 Å². The van der Waals surface area contributed by atoms with Crippen molar-refractivity contribution in [1.82, 2.24) is 9.97 Å². The Morgan fingerprint density at radius 1 is 1.23 bits per heavy atom. The Labute approximate surface area is 77.9 Å². The highest BCUT2D eigenvalue weighted by Crippen LogP contribution is 2.13. The van der Waals surface area contributed by atoms with Gasteiger partial charge in [0.2, 0.25) is 5.95 Å². The lowest BCUT2D eigenvalue weighted by atomic mass is 10.2. The van der Waals surface area contributed by atoms with E-state index >= 15 is 0 Å². The van der Waals surface area contributed by atoms with Gasteiger partial charge in [-0.1, -0.05) is 12.2 Å². The maximum absolute atomic E-state index is 4.19. The van der Waals surface area contributed by atoms with Crippen molar-refractivity contribution >= 4 is 5.95 Å². The van der Waals surface area contributed by atoms with E-state index in [1.807, 2.05) is 19.3 Å². The number of aryl methyl sites for hydroxylation is 1. The molecule has 0 bridgehead atoms. The summed E-state index contributed by atoms with van der Waals surface area (Å²) in [6, 6.07) is 0.489. The zero-order valence-corrected chi connectivity index (χ0v) is 7.70. The molecule has 0 atom stereocenters. The van der Waals surface area contributed by atoms with E-state index in [4.69, 9.17) is 0 Å². The van der Waals surface area contributed by atoms with Crippen LogP contribution in [0.25, 0.3) is 0 Å². The second-order valence-electron chi connectivity index (χ2n) is 3.37. The summed E-state index contributed by atoms with van der Waals surface area (Å²) in [7, 11) is 0. The van der Waals surface area contributed by atoms with Gasteiger partial charge in [-0.05, 0) is 25.3 Å². The topological polar surface area (TPSA) is 37.8 Å². The molecule has 3 heteroatoms. The molecule has 0 saturated carbocycles. The normalized spacial score (nSPS) is 16.4. The van der Waals surface area contributed by atoms with E-state index in [0.29, 0.717) is 6.04 Å². The molecule has 0 amide bonds. The number of hydrogen-bond acceptors (Lipinski definition) is 3. The molecule has 1 aliphatic rings. The Kier molecular flexibility index (Phi) is 2.25. The van der Waals surface area contributed by atoms with Crippen LogP contribution >= 0.6 is 0 Å². The quantitative estimate of drug-likeness (QED) is 0.698. The molecule has 0 aliphatic heterocycles. The third-order valence-corrected chi connectivity index (χ3v) is 2.12. The Morgan fingerprint density at radius 2 is 1.85 bits per heavy atom. The standard InChI is InChI=1S/C10H13N3/c1-8-6-11-10(12-7-8)13-9-4-2-3-5-9/h2-3,6-7,9H,4-5H2,1H3,(H,11,12,13). The fraction of sp³-hybridized carbons (Fsp3) is 0.400. The summed E-state index contributed by atoms with van der Waals surface area (Å²) < 4.78 is 0. The maximum Gasteiger partial charge on any atom is 0.222 e. The minimum absolute atomic E-state index is 0.489. The van der Waals surface area contributed by atoms with Crippen LogP contribution in [-0.4, -0.2) is 16.0 Å². The van der Waals surface area contributed by atoms with E-state index in [0.717, 1.165) is 24.4 Å². The van der Waals surface area contributed by atoms with E-state index in [1.165, 1.54) is 0 Å². The summed E-state index contributed by atoms with van der Waals surface area (Å²) in [4.78, 5) is 8.38. The van der Waals surface area contributed by atoms with Gasteiger partial charge in [0.1, 0.15) is 0 Å². The van der Waals surface area contributed by atoms with Crippen LogP contribution in [0.15, 0.2) is 24.5 Å². The molecule has 0 fully saturated rings. The van der Waals surface area contributed by atoms with Gasteiger partial charge in [0.05, 0.1) is 0 Å². The molecule has 1 aromatic heterocycles. The van der Waals surface area contributed by atoms with Gasteiger partial charge in [0.15, 0.2) is 0 Å². The van der Waals surface area contributed by atoms with E-state index in [2.05, 4.69) is 27.4 Å². The Bertz CT molecular complexity index is 294. The number of anilines is 1. The molecule has 1 N–H and O–H groups in total. The van der Waals surface area contributed by atoms with Crippen molar-refractivity contribution in [2.45, 2.75) is 25.8 Å². The molecule has 0 spiro atoms. The van der Waals surface area contributed by atoms with Crippen molar-refractivity contribution in [3.05, 3.63) is 30.1 Å². The SMILES string of the molecule is Cc1cnc(NC2CC=CC2)nc1. The highest BCUT2D eigenvalue weighted by Gasteiger charge is 2.10. The molecule has 0 aromatic carbocycles. The van der Waals surface area contributed by atoms with Crippen molar-refractivity contribution in [2.75, 3.05) is 5.32 Å². The van der Waals surface area contributed by atoms with Crippen molar-refractivity contribution in [2.24, 2.45) is 0 Å². The highest BCUT2D eigenvalue weighted by atomic mass is 15.1. The molecule has 68 valence electrons. The number of hydrogen-bond donors (Lipinski definition) is 1. The Balaban J connectivity index is 1.97. The van der Waals surface area contributed by atoms with Crippen LogP contribution in [0.5, 0.6) is 0 Å². The maximum atomic E-state index is 4.19. The number of nitrogens with zero attached hydrogens (tertiary/aromatic N) is 2. The van der Waals surface area contributed by atoms with Gasteiger partial charge in [-0.2, -0.15) is 0 Å². The molecule has 3 nitrogen and oxygen atoms in total. The van der Waals surface area contributed by atoms with Crippen molar-refractivity contribution < 1.29 is 0 Å². The number of aromatic nitrogens is 2. The van der Waals surface area contributed by atoms with E-state index in [-0.39, 0.29) is 0 Å². The lowest BCUT2D eigenvalue weighted by Gasteiger charge is -2.10. The van der Waals surface area contributed by atoms with E-state index in [1.54, 1.807) is 0 Å². The first-order valence-corrected chi connectivity index (χ1v) is 4.55. The van der Waals surface area contributed by atoms with Crippen molar-refractivity contribution in [3.63, 3.8) is 0 Å². The van der Waals surface area contributed by atoms with Crippen LogP contribution in [0.1, 0.15) is 18.4 Å². The lowest BCUT2D eigenvalue weighted by Crippen LogP contribution is -2.16. The molecule has 13 heavy (non-hydrogen) atoms. The third kappa shape index (κ3) is 2.05. The lowest BCUT2D eigenvalue weighted by molar-refractivity contribution is 0.772. The molecule has 2 rings (SSSR count). The fourth-order valence-corrected chi connectivity index (χ4v) is 1.38. The summed E-state index contributed by atoms with van der Waals surface area (Å²) in [6.45, 7) is 1.99. The molecule has 0 unspecified atom stereocenters. The van der Waals surface area contributed by atoms with Crippen LogP contribution in [-0.2, 0) is 0 Å². The Morgan fingerprint density at radius 3 is 2.46 bits per heavy atom. The smallest absolute Gasteiger partial charge is 0.222 e. The van der Waals surface area contributed by atoms with E-state index < -0.39 is 0 Å². The monoisotopic (exact) mass is 175 g/mol. The van der Waals surface area contributed by atoms with Crippen molar-refractivity contribution in [3.8, 4) is 0 Å². The third-order valence-electron chi connectivity index (χ3n) is 2.12. The average molecular weight is 175 g/mol. The van der Waals surface area contributed by atoms with E-state index in [9.17, 15) is 0 Å². The predicted octanol–water partition coefficient (Wildman–Crippen LogP) is 1.92. The molecule has 1 heterocycles. The molecule has 0 saturated heterocycles. The largest absolute Gasteiger partial charge is 0.351 e. The first-order valence-electron chi connectivity index (χ1n) is 4.55. The van der Waals surface area contributed by atoms with Gasteiger partial charge in [-0.25, -0.2) is 9.97 Å². The predicted molar refractivity (Wildman–Crippen MR) is 52.6 cm³/mol. The molecule has 0 radical (unpaired) electrons. The number of rotatable bonds is 2. The van der Waals surface area contributed by atoms with Crippen molar-refractivity contribution in [1.29, 1.82) is 0 Å². The molecular formula is C10H13N3. The average Bonchev–Trinajstić information content (AvgIpc) is 2.62.